The smallest absolute Gasteiger partial charge is 0.318 e. The molecule has 0 saturated carbocycles. The number of carbonyl (C=O) groups excluding carboxylic acids is 1. The van der Waals surface area contributed by atoms with E-state index in [1.54, 1.807) is 0 Å². The van der Waals surface area contributed by atoms with E-state index in [-0.39, 0.29) is 15.7 Å². The summed E-state index contributed by atoms with van der Waals surface area (Å²) in [4.78, 5) is 21.4. The largest absolute Gasteiger partial charge is 0.495 e. The molecule has 1 aromatic carbocycles. The highest BCUT2D eigenvalue weighted by Gasteiger charge is 2.28. The summed E-state index contributed by atoms with van der Waals surface area (Å²) in [6, 6.07) is 3.61. The monoisotopic (exact) mass is 336 g/mol. The van der Waals surface area contributed by atoms with Crippen molar-refractivity contribution in [2.24, 2.45) is 5.73 Å². The lowest BCUT2D eigenvalue weighted by Crippen LogP contribution is -2.41. The van der Waals surface area contributed by atoms with Gasteiger partial charge in [-0.2, -0.15) is 4.31 Å². The number of amides is 1. The number of halogens is 1. The Labute approximate surface area is 126 Å². The maximum absolute atomic E-state index is 12.3. The first kappa shape index (κ1) is 17.2. The van der Waals surface area contributed by atoms with Gasteiger partial charge in [-0.1, -0.05) is 11.6 Å². The molecule has 0 unspecified atom stereocenters. The fraction of sp³-hybridized carbons (Fsp3) is 0.273. The number of benzene rings is 1. The van der Waals surface area contributed by atoms with E-state index in [4.69, 9.17) is 27.2 Å². The van der Waals surface area contributed by atoms with Crippen molar-refractivity contribution in [1.29, 1.82) is 0 Å². The molecule has 116 valence electrons. The van der Waals surface area contributed by atoms with E-state index < -0.39 is 35.0 Å². The van der Waals surface area contributed by atoms with Crippen LogP contribution in [0.2, 0.25) is 5.02 Å². The van der Waals surface area contributed by atoms with Gasteiger partial charge in [0.15, 0.2) is 0 Å². The van der Waals surface area contributed by atoms with Gasteiger partial charge in [0.2, 0.25) is 15.9 Å². The molecule has 0 radical (unpaired) electrons. The number of sulfonamides is 1. The van der Waals surface area contributed by atoms with Crippen LogP contribution in [0, 0.1) is 0 Å². The lowest BCUT2D eigenvalue weighted by Gasteiger charge is -2.19. The van der Waals surface area contributed by atoms with E-state index in [0.717, 1.165) is 6.07 Å². The Morgan fingerprint density at radius 1 is 1.38 bits per heavy atom. The van der Waals surface area contributed by atoms with Crippen molar-refractivity contribution in [2.75, 3.05) is 20.2 Å². The first-order chi connectivity index (χ1) is 9.68. The molecule has 3 N–H and O–H groups in total. The van der Waals surface area contributed by atoms with Crippen LogP contribution in [0.15, 0.2) is 23.1 Å². The van der Waals surface area contributed by atoms with Crippen LogP contribution >= 0.6 is 11.6 Å². The number of methoxy groups -OCH3 is 1. The summed E-state index contributed by atoms with van der Waals surface area (Å²) < 4.78 is 30.0. The lowest BCUT2D eigenvalue weighted by molar-refractivity contribution is -0.137. The van der Waals surface area contributed by atoms with Gasteiger partial charge in [0, 0.05) is 0 Å². The molecule has 0 heterocycles. The molecule has 0 fully saturated rings. The van der Waals surface area contributed by atoms with Gasteiger partial charge in [-0.05, 0) is 18.2 Å². The third-order valence-corrected chi connectivity index (χ3v) is 4.49. The topological polar surface area (TPSA) is 127 Å². The standard InChI is InChI=1S/C11H13ClN2O6S/c1-20-9-3-2-7(4-8(9)12)21(18,19)14(5-10(13)15)6-11(16)17/h2-4H,5-6H2,1H3,(H2,13,15)(H,16,17). The van der Waals surface area contributed by atoms with Crippen LogP contribution in [0.4, 0.5) is 0 Å². The molecule has 1 aromatic rings. The first-order valence-corrected chi connectivity index (χ1v) is 7.34. The zero-order valence-electron chi connectivity index (χ0n) is 10.9. The predicted molar refractivity (Wildman–Crippen MR) is 73.6 cm³/mol. The number of carbonyl (C=O) groups is 2. The molecule has 10 heteroatoms. The Bertz CT molecular complexity index is 645. The van der Waals surface area contributed by atoms with Gasteiger partial charge in [-0.3, -0.25) is 9.59 Å². The second kappa shape index (κ2) is 6.74. The Hall–Kier alpha value is -1.84. The number of rotatable bonds is 7. The number of nitrogens with two attached hydrogens (primary N) is 1. The summed E-state index contributed by atoms with van der Waals surface area (Å²) in [5, 5.41) is 8.77. The van der Waals surface area contributed by atoms with Crippen molar-refractivity contribution in [2.45, 2.75) is 4.90 Å². The molecular formula is C11H13ClN2O6S. The van der Waals surface area contributed by atoms with Crippen molar-refractivity contribution in [3.63, 3.8) is 0 Å². The Morgan fingerprint density at radius 3 is 2.43 bits per heavy atom. The van der Waals surface area contributed by atoms with Crippen LogP contribution in [-0.2, 0) is 19.6 Å². The summed E-state index contributed by atoms with van der Waals surface area (Å²) in [6.45, 7) is -1.65. The van der Waals surface area contributed by atoms with E-state index in [1.165, 1.54) is 19.2 Å². The quantitative estimate of drug-likeness (QED) is 0.716. The molecule has 1 rings (SSSR count). The van der Waals surface area contributed by atoms with Gasteiger partial charge >= 0.3 is 5.97 Å². The molecule has 8 nitrogen and oxygen atoms in total. The normalized spacial score (nSPS) is 11.4. The summed E-state index contributed by atoms with van der Waals surface area (Å²) >= 11 is 5.84. The summed E-state index contributed by atoms with van der Waals surface area (Å²) in [5.74, 6) is -2.13. The summed E-state index contributed by atoms with van der Waals surface area (Å²) in [7, 11) is -2.87. The molecule has 0 aliphatic rings. The molecule has 1 amide bonds. The van der Waals surface area contributed by atoms with E-state index in [9.17, 15) is 18.0 Å². The van der Waals surface area contributed by atoms with Crippen molar-refractivity contribution >= 4 is 33.5 Å². The van der Waals surface area contributed by atoms with Gasteiger partial charge in [-0.15, -0.1) is 0 Å². The SMILES string of the molecule is COc1ccc(S(=O)(=O)N(CC(N)=O)CC(=O)O)cc1Cl. The maximum atomic E-state index is 12.3. The zero-order valence-corrected chi connectivity index (χ0v) is 12.5. The van der Waals surface area contributed by atoms with E-state index in [0.29, 0.717) is 4.31 Å². The minimum absolute atomic E-state index is 0.0351. The van der Waals surface area contributed by atoms with Crippen LogP contribution in [0.1, 0.15) is 0 Å². The minimum atomic E-state index is -4.23. The van der Waals surface area contributed by atoms with Crippen LogP contribution in [-0.4, -0.2) is 49.9 Å². The number of primary amides is 1. The minimum Gasteiger partial charge on any atom is -0.495 e. The van der Waals surface area contributed by atoms with E-state index in [1.807, 2.05) is 0 Å². The predicted octanol–water partition coefficient (Wildman–Crippen LogP) is -0.0908. The van der Waals surface area contributed by atoms with Gasteiger partial charge in [0.05, 0.1) is 23.6 Å². The molecule has 0 aliphatic heterocycles. The molecule has 0 aromatic heterocycles. The van der Waals surface area contributed by atoms with Crippen LogP contribution in [0.3, 0.4) is 0 Å². The maximum Gasteiger partial charge on any atom is 0.318 e. The van der Waals surface area contributed by atoms with Gasteiger partial charge < -0.3 is 15.6 Å². The van der Waals surface area contributed by atoms with Crippen molar-refractivity contribution in [3.8, 4) is 5.75 Å². The zero-order chi connectivity index (χ0) is 16.2. The summed E-state index contributed by atoms with van der Waals surface area (Å²) in [6.07, 6.45) is 0. The third kappa shape index (κ3) is 4.31. The molecule has 21 heavy (non-hydrogen) atoms. The second-order valence-corrected chi connectivity index (χ2v) is 6.27. The Balaban J connectivity index is 3.24. The fourth-order valence-corrected chi connectivity index (χ4v) is 3.21. The van der Waals surface area contributed by atoms with Crippen LogP contribution in [0.5, 0.6) is 5.75 Å². The van der Waals surface area contributed by atoms with Crippen molar-refractivity contribution < 1.29 is 27.9 Å². The molecule has 0 aliphatic carbocycles. The first-order valence-electron chi connectivity index (χ1n) is 5.52. The number of nitrogens with zero attached hydrogens (tertiary/aromatic N) is 1. The van der Waals surface area contributed by atoms with Crippen molar-refractivity contribution in [3.05, 3.63) is 23.2 Å². The fourth-order valence-electron chi connectivity index (χ4n) is 1.51. The van der Waals surface area contributed by atoms with E-state index >= 15 is 0 Å². The third-order valence-electron chi connectivity index (χ3n) is 2.40. The average Bonchev–Trinajstić information content (AvgIpc) is 2.36. The average molecular weight is 337 g/mol. The number of carboxylic acids is 1. The van der Waals surface area contributed by atoms with Gasteiger partial charge in [-0.25, -0.2) is 8.42 Å². The number of ether oxygens (including phenoxy) is 1. The van der Waals surface area contributed by atoms with Gasteiger partial charge in [0.25, 0.3) is 0 Å². The Morgan fingerprint density at radius 2 is 2.00 bits per heavy atom. The molecular weight excluding hydrogens is 324 g/mol. The Kier molecular flexibility index (Phi) is 5.53. The van der Waals surface area contributed by atoms with Crippen LogP contribution in [0.25, 0.3) is 0 Å². The number of aliphatic carboxylic acids is 1. The van der Waals surface area contributed by atoms with Gasteiger partial charge in [0.1, 0.15) is 12.3 Å². The summed E-state index contributed by atoms with van der Waals surface area (Å²) in [5.41, 5.74) is 4.94. The molecule has 0 spiro atoms. The van der Waals surface area contributed by atoms with E-state index in [2.05, 4.69) is 0 Å². The highest BCUT2D eigenvalue weighted by atomic mass is 35.5. The van der Waals surface area contributed by atoms with Crippen LogP contribution < -0.4 is 10.5 Å². The van der Waals surface area contributed by atoms with Crippen molar-refractivity contribution in [1.82, 2.24) is 4.31 Å². The highest BCUT2D eigenvalue weighted by molar-refractivity contribution is 7.89. The number of hydrogen-bond donors (Lipinski definition) is 2. The highest BCUT2D eigenvalue weighted by Crippen LogP contribution is 2.28. The number of hydrogen-bond acceptors (Lipinski definition) is 5. The lowest BCUT2D eigenvalue weighted by atomic mass is 10.3. The molecule has 0 bridgehead atoms. The molecule has 0 saturated heterocycles. The molecule has 0 atom stereocenters. The number of carboxylic acid groups (broad SMARTS) is 1. The second-order valence-electron chi connectivity index (χ2n) is 3.93.